The average Bonchev–Trinajstić information content (AvgIpc) is 2.94. The molecular formula is C13H15ClN4O2S. The van der Waals surface area contributed by atoms with Gasteiger partial charge in [-0.05, 0) is 31.9 Å². The van der Waals surface area contributed by atoms with Gasteiger partial charge in [0.2, 0.25) is 0 Å². The summed E-state index contributed by atoms with van der Waals surface area (Å²) in [4.78, 5) is 17.7. The van der Waals surface area contributed by atoms with Gasteiger partial charge in [0, 0.05) is 12.4 Å². The molecule has 0 aliphatic heterocycles. The van der Waals surface area contributed by atoms with Crippen molar-refractivity contribution in [3.63, 3.8) is 0 Å². The van der Waals surface area contributed by atoms with Gasteiger partial charge in [0.1, 0.15) is 0 Å². The highest BCUT2D eigenvalue weighted by Crippen LogP contribution is 2.30. The first-order valence-corrected chi connectivity index (χ1v) is 7.57. The van der Waals surface area contributed by atoms with Gasteiger partial charge in [-0.15, -0.1) is 21.5 Å². The number of aromatic nitrogens is 3. The number of thiazole rings is 1. The Morgan fingerprint density at radius 3 is 2.76 bits per heavy atom. The molecule has 2 heterocycles. The van der Waals surface area contributed by atoms with Crippen LogP contribution in [0.3, 0.4) is 0 Å². The van der Waals surface area contributed by atoms with Crippen molar-refractivity contribution < 1.29 is 9.53 Å². The molecular weight excluding hydrogens is 312 g/mol. The summed E-state index contributed by atoms with van der Waals surface area (Å²) < 4.78 is 4.93. The third kappa shape index (κ3) is 3.14. The summed E-state index contributed by atoms with van der Waals surface area (Å²) in [6.07, 6.45) is 0. The van der Waals surface area contributed by atoms with Crippen molar-refractivity contribution in [2.24, 2.45) is 0 Å². The molecule has 2 aromatic rings. The van der Waals surface area contributed by atoms with E-state index in [2.05, 4.69) is 15.2 Å². The summed E-state index contributed by atoms with van der Waals surface area (Å²) in [5.41, 5.74) is 2.08. The normalized spacial score (nSPS) is 10.5. The van der Waals surface area contributed by atoms with Crippen LogP contribution < -0.4 is 4.90 Å². The van der Waals surface area contributed by atoms with Crippen LogP contribution in [0.1, 0.15) is 28.5 Å². The second kappa shape index (κ2) is 6.36. The van der Waals surface area contributed by atoms with E-state index in [0.717, 1.165) is 11.1 Å². The van der Waals surface area contributed by atoms with Gasteiger partial charge in [-0.3, -0.25) is 0 Å². The number of ether oxygens (including phenoxy) is 1. The van der Waals surface area contributed by atoms with E-state index >= 15 is 0 Å². The Balaban J connectivity index is 2.31. The molecule has 21 heavy (non-hydrogen) atoms. The van der Waals surface area contributed by atoms with Crippen molar-refractivity contribution in [2.75, 3.05) is 18.6 Å². The van der Waals surface area contributed by atoms with E-state index in [0.29, 0.717) is 28.4 Å². The average molecular weight is 327 g/mol. The standard InChI is InChI=1S/C13H15ClN4O2S/c1-5-20-12(19)9-6-21-13(15-9)18(4)11-8(3)7(2)10(14)16-17-11/h6H,5H2,1-4H3. The zero-order valence-corrected chi connectivity index (χ0v) is 13.7. The summed E-state index contributed by atoms with van der Waals surface area (Å²) in [5.74, 6) is 0.227. The van der Waals surface area contributed by atoms with Gasteiger partial charge in [0.15, 0.2) is 21.8 Å². The van der Waals surface area contributed by atoms with E-state index in [-0.39, 0.29) is 0 Å². The first kappa shape index (κ1) is 15.7. The molecule has 0 saturated heterocycles. The number of anilines is 2. The number of rotatable bonds is 4. The predicted octanol–water partition coefficient (Wildman–Crippen LogP) is 3.15. The second-order valence-corrected chi connectivity index (χ2v) is 5.55. The third-order valence-corrected chi connectivity index (χ3v) is 4.30. The number of halogens is 1. The van der Waals surface area contributed by atoms with Crippen LogP contribution in [-0.2, 0) is 4.74 Å². The highest BCUT2D eigenvalue weighted by Gasteiger charge is 2.18. The Bertz CT molecular complexity index is 674. The summed E-state index contributed by atoms with van der Waals surface area (Å²) in [5, 5.41) is 10.7. The van der Waals surface area contributed by atoms with E-state index in [1.54, 1.807) is 17.2 Å². The zero-order chi connectivity index (χ0) is 15.6. The van der Waals surface area contributed by atoms with Crippen molar-refractivity contribution in [1.82, 2.24) is 15.2 Å². The molecule has 112 valence electrons. The van der Waals surface area contributed by atoms with Crippen LogP contribution >= 0.6 is 22.9 Å². The smallest absolute Gasteiger partial charge is 0.357 e. The molecule has 0 aliphatic carbocycles. The van der Waals surface area contributed by atoms with Gasteiger partial charge in [0.05, 0.1) is 6.61 Å². The Morgan fingerprint density at radius 1 is 1.38 bits per heavy atom. The molecule has 0 fully saturated rings. The fourth-order valence-corrected chi connectivity index (χ4v) is 2.63. The van der Waals surface area contributed by atoms with Crippen LogP contribution in [0.25, 0.3) is 0 Å². The highest BCUT2D eigenvalue weighted by molar-refractivity contribution is 7.14. The van der Waals surface area contributed by atoms with Crippen LogP contribution in [0.15, 0.2) is 5.38 Å². The molecule has 0 saturated carbocycles. The molecule has 0 amide bonds. The van der Waals surface area contributed by atoms with Crippen LogP contribution in [-0.4, -0.2) is 34.8 Å². The van der Waals surface area contributed by atoms with Crippen LogP contribution in [0.4, 0.5) is 10.9 Å². The number of esters is 1. The molecule has 2 rings (SSSR count). The maximum absolute atomic E-state index is 11.6. The second-order valence-electron chi connectivity index (χ2n) is 4.36. The summed E-state index contributed by atoms with van der Waals surface area (Å²) in [7, 11) is 1.82. The van der Waals surface area contributed by atoms with Gasteiger partial charge >= 0.3 is 5.97 Å². The molecule has 0 spiro atoms. The molecule has 0 aromatic carbocycles. The maximum Gasteiger partial charge on any atom is 0.357 e. The molecule has 2 aromatic heterocycles. The highest BCUT2D eigenvalue weighted by atomic mass is 35.5. The lowest BCUT2D eigenvalue weighted by Gasteiger charge is -2.17. The Kier molecular flexibility index (Phi) is 4.74. The van der Waals surface area contributed by atoms with E-state index in [1.165, 1.54) is 11.3 Å². The molecule has 8 heteroatoms. The van der Waals surface area contributed by atoms with Crippen LogP contribution in [0.5, 0.6) is 0 Å². The zero-order valence-electron chi connectivity index (χ0n) is 12.2. The van der Waals surface area contributed by atoms with Gasteiger partial charge in [-0.1, -0.05) is 11.6 Å². The summed E-state index contributed by atoms with van der Waals surface area (Å²) in [6.45, 7) is 5.88. The minimum atomic E-state index is -0.427. The van der Waals surface area contributed by atoms with Crippen LogP contribution in [0, 0.1) is 13.8 Å². The Labute approximate surface area is 131 Å². The largest absolute Gasteiger partial charge is 0.461 e. The Hall–Kier alpha value is -1.73. The SMILES string of the molecule is CCOC(=O)c1csc(N(C)c2nnc(Cl)c(C)c2C)n1. The Morgan fingerprint density at radius 2 is 2.10 bits per heavy atom. The lowest BCUT2D eigenvalue weighted by molar-refractivity contribution is 0.0520. The number of hydrogen-bond donors (Lipinski definition) is 0. The van der Waals surface area contributed by atoms with E-state index in [4.69, 9.17) is 16.3 Å². The van der Waals surface area contributed by atoms with Crippen molar-refractivity contribution in [2.45, 2.75) is 20.8 Å². The fraction of sp³-hybridized carbons (Fsp3) is 0.385. The molecule has 0 N–H and O–H groups in total. The van der Waals surface area contributed by atoms with E-state index in [1.807, 2.05) is 20.9 Å². The molecule has 0 aliphatic rings. The topological polar surface area (TPSA) is 68.2 Å². The monoisotopic (exact) mass is 326 g/mol. The van der Waals surface area contributed by atoms with Crippen LogP contribution in [0.2, 0.25) is 5.15 Å². The minimum absolute atomic E-state index is 0.292. The minimum Gasteiger partial charge on any atom is -0.461 e. The number of nitrogens with zero attached hydrogens (tertiary/aromatic N) is 4. The molecule has 0 unspecified atom stereocenters. The van der Waals surface area contributed by atoms with Crippen molar-refractivity contribution in [3.8, 4) is 0 Å². The summed E-state index contributed by atoms with van der Waals surface area (Å²) in [6, 6.07) is 0. The molecule has 0 radical (unpaired) electrons. The molecule has 0 bridgehead atoms. The number of carbonyl (C=O) groups excluding carboxylic acids is 1. The first-order chi connectivity index (χ1) is 9.95. The lowest BCUT2D eigenvalue weighted by atomic mass is 10.2. The van der Waals surface area contributed by atoms with E-state index < -0.39 is 5.97 Å². The third-order valence-electron chi connectivity index (χ3n) is 3.02. The number of carbonyl (C=O) groups is 1. The quantitative estimate of drug-likeness (QED) is 0.804. The summed E-state index contributed by atoms with van der Waals surface area (Å²) >= 11 is 7.29. The molecule has 0 atom stereocenters. The maximum atomic E-state index is 11.6. The predicted molar refractivity (Wildman–Crippen MR) is 82.6 cm³/mol. The van der Waals surface area contributed by atoms with Crippen molar-refractivity contribution in [1.29, 1.82) is 0 Å². The van der Waals surface area contributed by atoms with E-state index in [9.17, 15) is 4.79 Å². The lowest BCUT2D eigenvalue weighted by Crippen LogP contribution is -2.15. The van der Waals surface area contributed by atoms with Gasteiger partial charge in [-0.2, -0.15) is 0 Å². The van der Waals surface area contributed by atoms with Gasteiger partial charge in [-0.25, -0.2) is 9.78 Å². The number of hydrogen-bond acceptors (Lipinski definition) is 7. The first-order valence-electron chi connectivity index (χ1n) is 6.31. The van der Waals surface area contributed by atoms with Crippen molar-refractivity contribution in [3.05, 3.63) is 27.4 Å². The van der Waals surface area contributed by atoms with Gasteiger partial charge in [0.25, 0.3) is 0 Å². The fourth-order valence-electron chi connectivity index (χ4n) is 1.69. The van der Waals surface area contributed by atoms with Gasteiger partial charge < -0.3 is 9.64 Å². The van der Waals surface area contributed by atoms with Crippen molar-refractivity contribution >= 4 is 39.9 Å². The molecule has 6 nitrogen and oxygen atoms in total.